The molecule has 0 bridgehead atoms. The molecule has 5 atom stereocenters. The molecule has 0 N–H and O–H groups in total. The van der Waals surface area contributed by atoms with Crippen LogP contribution in [0.1, 0.15) is 147 Å². The maximum atomic E-state index is 13.0. The molecule has 0 aliphatic heterocycles. The van der Waals surface area contributed by atoms with Gasteiger partial charge in [0.05, 0.1) is 103 Å². The van der Waals surface area contributed by atoms with Gasteiger partial charge in [0.15, 0.2) is 0 Å². The third kappa shape index (κ3) is 44.9. The lowest BCUT2D eigenvalue weighted by atomic mass is 9.89. The standard InChI is InChI=1S/C17H18F3IO7S.C17H12F3IO7S.C16H16F3IO7S.C14H14F3IO7S.C13H12F3IO7S/c2*18-17(19,20)14(9-29(24,25)26)28-16(23)12-7-6-11(21)8-13(12)27-15(22)10-4-2-1-3-5-10;17-16(18,19)13(8-28(23,24)25)27-15(22)11-6-5-10(20)7-12(11)26-14(21)9-3-1-2-4-9;1-7(2)12(19)24-10-5-8(18)3-4-9(10)13(20)25-11(14(15,16)17)6-26(21,22)23;1-2-11(18)23-9-5-7(17)3-4-8(9)12(19)24-10(13(14,15)16)6-25(20,21)22/h6-8,10,14H,1-5,9H2,(H,24,25,26);1-8,14H,9H2,(H,24,25,26);5-7,9,13H,1-4,8H2,(H,23,24,25);3-5,7,11H,6H2,1-2H3,(H,21,22,23);3-5,10H,2,6H2,1H3,(H,20,21,22)/p-5. The van der Waals surface area contributed by atoms with Crippen LogP contribution in [0.4, 0.5) is 65.9 Å². The summed E-state index contributed by atoms with van der Waals surface area (Å²) in [4.78, 5) is 121. The molecule has 137 heavy (non-hydrogen) atoms. The number of alkyl halides is 15. The van der Waals surface area contributed by atoms with Gasteiger partial charge in [-0.15, -0.1) is 0 Å². The number of esters is 10. The minimum absolute atomic E-state index is 0.0560. The fourth-order valence-corrected chi connectivity index (χ4v) is 16.1. The van der Waals surface area contributed by atoms with E-state index in [-0.39, 0.29) is 52.6 Å². The van der Waals surface area contributed by atoms with Gasteiger partial charge in [0.25, 0.3) is 0 Å². The van der Waals surface area contributed by atoms with Crippen LogP contribution in [0.15, 0.2) is 121 Å². The molecule has 0 saturated heterocycles. The maximum Gasteiger partial charge on any atom is 0.426 e. The largest absolute Gasteiger partial charge is 0.748 e. The van der Waals surface area contributed by atoms with Gasteiger partial charge in [0.1, 0.15) is 56.6 Å². The minimum Gasteiger partial charge on any atom is -0.748 e. The van der Waals surface area contributed by atoms with Crippen LogP contribution in [0.2, 0.25) is 0 Å². The lowest BCUT2D eigenvalue weighted by Gasteiger charge is -2.23. The average Bonchev–Trinajstić information content (AvgIpc) is 1.41. The quantitative estimate of drug-likeness (QED) is 0.0101. The zero-order valence-corrected chi connectivity index (χ0v) is 84.0. The van der Waals surface area contributed by atoms with E-state index < -0.39 is 234 Å². The average molecular weight is 2630 g/mol. The Hall–Kier alpha value is -7.83. The van der Waals surface area contributed by atoms with Crippen LogP contribution in [0.3, 0.4) is 0 Å². The molecule has 2 aliphatic rings. The van der Waals surface area contributed by atoms with E-state index in [1.165, 1.54) is 93.6 Å². The summed E-state index contributed by atoms with van der Waals surface area (Å²) in [5.41, 5.74) is -2.42. The van der Waals surface area contributed by atoms with Crippen molar-refractivity contribution >= 4 is 223 Å². The van der Waals surface area contributed by atoms with Gasteiger partial charge in [-0.3, -0.25) is 19.2 Å². The van der Waals surface area contributed by atoms with Crippen molar-refractivity contribution in [3.8, 4) is 28.7 Å². The van der Waals surface area contributed by atoms with E-state index in [0.717, 1.165) is 62.4 Å². The SMILES string of the molecule is CC(C)C(=O)Oc1cc(I)ccc1C(=O)OC(CS(=O)(=O)[O-])C(F)(F)F.CCC(=O)Oc1cc(I)ccc1C(=O)OC(CS(=O)(=O)[O-])C(F)(F)F.O=C(OC(CS(=O)(=O)[O-])C(F)(F)F)c1ccc(I)cc1OC(=O)C1CCCC1.O=C(OC(CS(=O)(=O)[O-])C(F)(F)F)c1ccc(I)cc1OC(=O)C1CCCCC1.O=C(Oc1cc(I)ccc1C(=O)OC(CS(=O)(=O)[O-])C(F)(F)F)c1ccccc1. The molecule has 60 heteroatoms. The van der Waals surface area contributed by atoms with Gasteiger partial charge in [-0.1, -0.05) is 71.1 Å². The lowest BCUT2D eigenvalue weighted by molar-refractivity contribution is -0.197. The fourth-order valence-electron chi connectivity index (χ4n) is 10.7. The Morgan fingerprint density at radius 2 is 0.540 bits per heavy atom. The van der Waals surface area contributed by atoms with Crippen molar-refractivity contribution in [2.24, 2.45) is 17.8 Å². The Labute approximate surface area is 835 Å². The molecule has 760 valence electrons. The van der Waals surface area contributed by atoms with E-state index in [9.17, 15) is 179 Å². The number of carbonyl (C=O) groups is 10. The zero-order valence-electron chi connectivity index (χ0n) is 69.2. The second kappa shape index (κ2) is 52.3. The molecule has 0 heterocycles. The van der Waals surface area contributed by atoms with Crippen molar-refractivity contribution in [1.29, 1.82) is 0 Å². The van der Waals surface area contributed by atoms with Gasteiger partial charge in [-0.25, -0.2) is 70.9 Å². The van der Waals surface area contributed by atoms with Gasteiger partial charge in [0.2, 0.25) is 30.5 Å². The first-order valence-electron chi connectivity index (χ1n) is 37.8. The molecule has 5 unspecified atom stereocenters. The van der Waals surface area contributed by atoms with Gasteiger partial charge < -0.3 is 70.1 Å². The Bertz CT molecular complexity index is 5920. The Balaban J connectivity index is 0.000000358. The van der Waals surface area contributed by atoms with Crippen LogP contribution in [-0.2, 0) is 93.5 Å². The molecule has 35 nitrogen and oxygen atoms in total. The summed E-state index contributed by atoms with van der Waals surface area (Å²) in [6, 6.07) is 26.0. The number of hydrogen-bond donors (Lipinski definition) is 0. The summed E-state index contributed by atoms with van der Waals surface area (Å²) in [5.74, 6) is -24.2. The lowest BCUT2D eigenvalue weighted by Crippen LogP contribution is -2.39. The monoisotopic (exact) mass is 2630 g/mol. The predicted molar refractivity (Wildman–Crippen MR) is 473 cm³/mol. The van der Waals surface area contributed by atoms with Crippen molar-refractivity contribution in [1.82, 2.24) is 0 Å². The normalized spacial score (nSPS) is 14.6. The highest BCUT2D eigenvalue weighted by molar-refractivity contribution is 14.1. The van der Waals surface area contributed by atoms with Crippen LogP contribution < -0.4 is 23.7 Å². The van der Waals surface area contributed by atoms with E-state index in [1.54, 1.807) is 18.2 Å². The summed E-state index contributed by atoms with van der Waals surface area (Å²) >= 11 is 9.17. The summed E-state index contributed by atoms with van der Waals surface area (Å²) in [5, 5.41) is 0. The van der Waals surface area contributed by atoms with Crippen molar-refractivity contribution in [2.45, 2.75) is 146 Å². The van der Waals surface area contributed by atoms with Crippen molar-refractivity contribution < 1.29 is 226 Å². The number of carbonyl (C=O) groups excluding carboxylic acids is 10. The summed E-state index contributed by atoms with van der Waals surface area (Å²) in [6.45, 7) is 4.48. The first-order chi connectivity index (χ1) is 62.6. The van der Waals surface area contributed by atoms with E-state index in [0.29, 0.717) is 43.5 Å². The van der Waals surface area contributed by atoms with Crippen LogP contribution in [0.5, 0.6) is 28.7 Å². The molecular formula is C77H67F15I5O35S5-5. The van der Waals surface area contributed by atoms with Crippen LogP contribution in [0, 0.1) is 35.6 Å². The molecular weight excluding hydrogens is 2560 g/mol. The third-order valence-corrected chi connectivity index (χ3v) is 24.0. The smallest absolute Gasteiger partial charge is 0.426 e. The van der Waals surface area contributed by atoms with E-state index in [2.05, 4.69) is 23.7 Å². The van der Waals surface area contributed by atoms with Crippen molar-refractivity contribution in [2.75, 3.05) is 28.8 Å². The van der Waals surface area contributed by atoms with Crippen LogP contribution in [-0.4, -0.2) is 215 Å². The molecule has 0 aromatic heterocycles. The van der Waals surface area contributed by atoms with Crippen molar-refractivity contribution in [3.05, 3.63) is 173 Å². The molecule has 6 aromatic rings. The molecule has 0 radical (unpaired) electrons. The topological polar surface area (TPSA) is 549 Å². The number of hydrogen-bond acceptors (Lipinski definition) is 35. The van der Waals surface area contributed by atoms with Crippen LogP contribution >= 0.6 is 113 Å². The summed E-state index contributed by atoms with van der Waals surface area (Å²) < 4.78 is 402. The van der Waals surface area contributed by atoms with Crippen LogP contribution in [0.25, 0.3) is 0 Å². The second-order valence-electron chi connectivity index (χ2n) is 28.3. The van der Waals surface area contributed by atoms with E-state index in [4.69, 9.17) is 23.7 Å². The summed E-state index contributed by atoms with van der Waals surface area (Å²) in [7, 11) is -26.6. The Morgan fingerprint density at radius 1 is 0.321 bits per heavy atom. The highest BCUT2D eigenvalue weighted by Gasteiger charge is 2.50. The maximum absolute atomic E-state index is 13.0. The first-order valence-corrected chi connectivity index (χ1v) is 51.1. The number of benzene rings is 6. The molecule has 8 rings (SSSR count). The number of rotatable bonds is 30. The molecule has 2 aliphatic carbocycles. The number of halogens is 20. The Morgan fingerprint density at radius 3 is 0.759 bits per heavy atom. The highest BCUT2D eigenvalue weighted by atomic mass is 127. The summed E-state index contributed by atoms with van der Waals surface area (Å²) in [6.07, 6.45) is -35.3. The molecule has 6 aromatic carbocycles. The number of ether oxygens (including phenoxy) is 10. The fraction of sp³-hybridized carbons (Fsp3) is 0.403. The highest BCUT2D eigenvalue weighted by Crippen LogP contribution is 2.38. The van der Waals surface area contributed by atoms with Gasteiger partial charge >= 0.3 is 90.6 Å². The van der Waals surface area contributed by atoms with Crippen molar-refractivity contribution in [3.63, 3.8) is 0 Å². The second-order valence-corrected chi connectivity index (χ2v) is 41.8. The Kier molecular flexibility index (Phi) is 46.3. The van der Waals surface area contributed by atoms with E-state index >= 15 is 0 Å². The van der Waals surface area contributed by atoms with E-state index in [1.807, 2.05) is 113 Å². The molecule has 2 fully saturated rings. The predicted octanol–water partition coefficient (Wildman–Crippen LogP) is 14.3. The third-order valence-electron chi connectivity index (χ3n) is 17.1. The minimum atomic E-state index is -5.34. The zero-order chi connectivity index (χ0) is 104. The van der Waals surface area contributed by atoms with Gasteiger partial charge in [-0.2, -0.15) is 65.9 Å². The molecule has 2 saturated carbocycles. The first kappa shape index (κ1) is 121. The molecule has 0 amide bonds. The molecule has 0 spiro atoms. The van der Waals surface area contributed by atoms with Gasteiger partial charge in [0, 0.05) is 24.3 Å². The van der Waals surface area contributed by atoms with Gasteiger partial charge in [-0.05, 0) is 242 Å².